The Balaban J connectivity index is 2.09. The maximum atomic E-state index is 12.4. The number of amides is 1. The van der Waals surface area contributed by atoms with E-state index < -0.39 is 27.8 Å². The van der Waals surface area contributed by atoms with Crippen molar-refractivity contribution in [3.63, 3.8) is 0 Å². The first kappa shape index (κ1) is 22.7. The van der Waals surface area contributed by atoms with Crippen molar-refractivity contribution in [2.45, 2.75) is 25.7 Å². The Hall–Kier alpha value is -2.58. The van der Waals surface area contributed by atoms with E-state index in [1.54, 1.807) is 31.2 Å². The minimum atomic E-state index is -3.24. The molecule has 0 saturated heterocycles. The lowest BCUT2D eigenvalue weighted by Gasteiger charge is -2.16. The molecule has 0 saturated carbocycles. The van der Waals surface area contributed by atoms with Gasteiger partial charge in [0.15, 0.2) is 15.9 Å². The van der Waals surface area contributed by atoms with Crippen molar-refractivity contribution < 1.29 is 27.5 Å². The molecule has 2 aromatic rings. The maximum Gasteiger partial charge on any atom is 0.338 e. The normalized spacial score (nSPS) is 12.2. The van der Waals surface area contributed by atoms with E-state index in [-0.39, 0.29) is 11.3 Å². The topological polar surface area (TPSA) is 98.8 Å². The van der Waals surface area contributed by atoms with Gasteiger partial charge in [-0.1, -0.05) is 23.7 Å². The highest BCUT2D eigenvalue weighted by atomic mass is 35.5. The Kier molecular flexibility index (Phi) is 7.26. The van der Waals surface area contributed by atoms with Crippen molar-refractivity contribution in [2.75, 3.05) is 18.7 Å². The number of carbonyl (C=O) groups excluding carboxylic acids is 2. The summed E-state index contributed by atoms with van der Waals surface area (Å²) in [6, 6.07) is 9.31. The van der Waals surface area contributed by atoms with Crippen LogP contribution in [0, 0.1) is 6.92 Å². The summed E-state index contributed by atoms with van der Waals surface area (Å²) in [5.74, 6) is -1.10. The molecule has 0 aromatic heterocycles. The number of aryl methyl sites for hydroxylation is 1. The van der Waals surface area contributed by atoms with Crippen LogP contribution in [-0.2, 0) is 25.1 Å². The first-order valence-electron chi connectivity index (χ1n) is 8.63. The molecule has 9 heteroatoms. The molecule has 2 rings (SSSR count). The molecule has 7 nitrogen and oxygen atoms in total. The largest absolute Gasteiger partial charge is 0.495 e. The van der Waals surface area contributed by atoms with Crippen LogP contribution in [-0.4, -0.2) is 39.8 Å². The van der Waals surface area contributed by atoms with Crippen molar-refractivity contribution in [3.8, 4) is 5.75 Å². The Morgan fingerprint density at radius 2 is 1.90 bits per heavy atom. The number of methoxy groups -OCH3 is 1. The highest BCUT2D eigenvalue weighted by molar-refractivity contribution is 7.89. The molecule has 0 heterocycles. The van der Waals surface area contributed by atoms with Crippen LogP contribution in [0.15, 0.2) is 36.4 Å². The van der Waals surface area contributed by atoms with E-state index >= 15 is 0 Å². The van der Waals surface area contributed by atoms with Crippen LogP contribution < -0.4 is 10.1 Å². The summed E-state index contributed by atoms with van der Waals surface area (Å²) in [4.78, 5) is 24.8. The van der Waals surface area contributed by atoms with E-state index in [1.165, 1.54) is 26.2 Å². The summed E-state index contributed by atoms with van der Waals surface area (Å²) in [6.45, 7) is 3.22. The fourth-order valence-electron chi connectivity index (χ4n) is 2.54. The van der Waals surface area contributed by atoms with E-state index in [4.69, 9.17) is 21.1 Å². The van der Waals surface area contributed by atoms with Crippen LogP contribution in [0.1, 0.15) is 28.4 Å². The van der Waals surface area contributed by atoms with Gasteiger partial charge in [0.1, 0.15) is 5.75 Å². The second-order valence-corrected chi connectivity index (χ2v) is 9.16. The zero-order valence-electron chi connectivity index (χ0n) is 16.5. The molecule has 0 aliphatic rings. The van der Waals surface area contributed by atoms with Gasteiger partial charge in [0.25, 0.3) is 5.91 Å². The molecule has 1 N–H and O–H groups in total. The number of halogens is 1. The molecule has 156 valence electrons. The number of anilines is 1. The zero-order valence-corrected chi connectivity index (χ0v) is 18.1. The van der Waals surface area contributed by atoms with E-state index in [1.807, 2.05) is 0 Å². The molecule has 0 bridgehead atoms. The number of nitrogens with one attached hydrogen (secondary N) is 1. The Labute approximate surface area is 174 Å². The van der Waals surface area contributed by atoms with Gasteiger partial charge in [-0.3, -0.25) is 4.79 Å². The van der Waals surface area contributed by atoms with Gasteiger partial charge in [0, 0.05) is 17.3 Å². The average molecular weight is 440 g/mol. The molecular formula is C20H22ClNO6S. The van der Waals surface area contributed by atoms with E-state index in [9.17, 15) is 18.0 Å². The molecule has 0 aliphatic carbocycles. The Morgan fingerprint density at radius 3 is 2.52 bits per heavy atom. The second kappa shape index (κ2) is 9.28. The molecule has 2 aromatic carbocycles. The van der Waals surface area contributed by atoms with Crippen LogP contribution in [0.3, 0.4) is 0 Å². The number of carbonyl (C=O) groups is 2. The summed E-state index contributed by atoms with van der Waals surface area (Å²) >= 11 is 6.05. The highest BCUT2D eigenvalue weighted by Gasteiger charge is 2.21. The van der Waals surface area contributed by atoms with E-state index in [2.05, 4.69) is 5.32 Å². The van der Waals surface area contributed by atoms with Crippen molar-refractivity contribution >= 4 is 39.0 Å². The van der Waals surface area contributed by atoms with Gasteiger partial charge in [-0.25, -0.2) is 13.2 Å². The minimum Gasteiger partial charge on any atom is -0.495 e. The van der Waals surface area contributed by atoms with Crippen LogP contribution >= 0.6 is 11.6 Å². The molecular weight excluding hydrogens is 418 g/mol. The third-order valence-electron chi connectivity index (χ3n) is 3.98. The van der Waals surface area contributed by atoms with Crippen molar-refractivity contribution in [2.24, 2.45) is 0 Å². The summed E-state index contributed by atoms with van der Waals surface area (Å²) < 4.78 is 33.3. The molecule has 1 atom stereocenters. The second-order valence-electron chi connectivity index (χ2n) is 6.61. The highest BCUT2D eigenvalue weighted by Crippen LogP contribution is 2.31. The third-order valence-corrected chi connectivity index (χ3v) is 5.25. The third kappa shape index (κ3) is 6.47. The van der Waals surface area contributed by atoms with Crippen LogP contribution in [0.2, 0.25) is 5.02 Å². The number of sulfone groups is 1. The first-order chi connectivity index (χ1) is 13.5. The molecule has 1 amide bonds. The summed E-state index contributed by atoms with van der Waals surface area (Å²) in [5, 5.41) is 3.14. The average Bonchev–Trinajstić information content (AvgIpc) is 2.63. The van der Waals surface area contributed by atoms with Crippen LogP contribution in [0.25, 0.3) is 0 Å². The van der Waals surface area contributed by atoms with Crippen molar-refractivity contribution in [1.82, 2.24) is 0 Å². The fraction of sp³-hybridized carbons (Fsp3) is 0.300. The van der Waals surface area contributed by atoms with Gasteiger partial charge < -0.3 is 14.8 Å². The van der Waals surface area contributed by atoms with Gasteiger partial charge in [-0.2, -0.15) is 0 Å². The van der Waals surface area contributed by atoms with E-state index in [0.29, 0.717) is 22.0 Å². The lowest BCUT2D eigenvalue weighted by Crippen LogP contribution is -2.30. The zero-order chi connectivity index (χ0) is 21.8. The number of hydrogen-bond acceptors (Lipinski definition) is 6. The lowest BCUT2D eigenvalue weighted by molar-refractivity contribution is -0.123. The Morgan fingerprint density at radius 1 is 1.21 bits per heavy atom. The van der Waals surface area contributed by atoms with Crippen molar-refractivity contribution in [3.05, 3.63) is 58.1 Å². The molecule has 0 radical (unpaired) electrons. The Bertz CT molecular complexity index is 1040. The van der Waals surface area contributed by atoms with Gasteiger partial charge in [0.05, 0.1) is 24.1 Å². The molecule has 1 unspecified atom stereocenters. The molecule has 0 spiro atoms. The lowest BCUT2D eigenvalue weighted by atomic mass is 10.1. The maximum absolute atomic E-state index is 12.4. The summed E-state index contributed by atoms with van der Waals surface area (Å²) in [6.07, 6.45) is 0.0127. The monoisotopic (exact) mass is 439 g/mol. The smallest absolute Gasteiger partial charge is 0.338 e. The van der Waals surface area contributed by atoms with Gasteiger partial charge in [0.2, 0.25) is 0 Å². The number of benzene rings is 2. The number of esters is 1. The summed E-state index contributed by atoms with van der Waals surface area (Å²) in [7, 11) is -1.79. The number of ether oxygens (including phenoxy) is 2. The quantitative estimate of drug-likeness (QED) is 0.664. The molecule has 0 fully saturated rings. The minimum absolute atomic E-state index is 0.158. The van der Waals surface area contributed by atoms with Crippen LogP contribution in [0.4, 0.5) is 5.69 Å². The standard InChI is InChI=1S/C20H22ClNO6S/c1-12-8-17(18(27-3)10-16(12)21)22-19(23)13(2)28-20(24)15-7-5-6-14(9-15)11-29(4,25)26/h5-10,13H,11H2,1-4H3,(H,22,23). The van der Waals surface area contributed by atoms with Crippen LogP contribution in [0.5, 0.6) is 5.75 Å². The number of rotatable bonds is 7. The SMILES string of the molecule is COc1cc(Cl)c(C)cc1NC(=O)C(C)OC(=O)c1cccc(CS(C)(=O)=O)c1. The van der Waals surface area contributed by atoms with E-state index in [0.717, 1.165) is 11.8 Å². The van der Waals surface area contributed by atoms with Gasteiger partial charge in [-0.05, 0) is 43.2 Å². The number of hydrogen-bond donors (Lipinski definition) is 1. The first-order valence-corrected chi connectivity index (χ1v) is 11.1. The fourth-order valence-corrected chi connectivity index (χ4v) is 3.48. The van der Waals surface area contributed by atoms with Gasteiger partial charge in [-0.15, -0.1) is 0 Å². The molecule has 29 heavy (non-hydrogen) atoms. The summed E-state index contributed by atoms with van der Waals surface area (Å²) in [5.41, 5.74) is 1.76. The predicted molar refractivity (Wildman–Crippen MR) is 111 cm³/mol. The predicted octanol–water partition coefficient (Wildman–Crippen LogP) is 3.39. The van der Waals surface area contributed by atoms with Crippen molar-refractivity contribution in [1.29, 1.82) is 0 Å². The van der Waals surface area contributed by atoms with Gasteiger partial charge >= 0.3 is 5.97 Å². The molecule has 0 aliphatic heterocycles.